The minimum absolute atomic E-state index is 0.132. The van der Waals surface area contributed by atoms with Gasteiger partial charge in [-0.1, -0.05) is 0 Å². The SMILES string of the molecule is Nc1ccc(NS(=O)[O-])c(COc2ccc(F)cc2F)c1. The molecule has 0 fully saturated rings. The van der Waals surface area contributed by atoms with E-state index in [0.29, 0.717) is 17.3 Å². The van der Waals surface area contributed by atoms with E-state index in [9.17, 15) is 17.5 Å². The Morgan fingerprint density at radius 3 is 2.67 bits per heavy atom. The monoisotopic (exact) mass is 313 g/mol. The molecular formula is C13H11F2N2O3S-. The van der Waals surface area contributed by atoms with E-state index in [1.807, 2.05) is 0 Å². The maximum atomic E-state index is 13.4. The lowest BCUT2D eigenvalue weighted by Crippen LogP contribution is -2.08. The van der Waals surface area contributed by atoms with Gasteiger partial charge in [-0.2, -0.15) is 0 Å². The number of nitrogens with two attached hydrogens (primary N) is 1. The number of hydrogen-bond acceptors (Lipinski definition) is 4. The second-order valence-electron chi connectivity index (χ2n) is 4.12. The Balaban J connectivity index is 2.18. The Morgan fingerprint density at radius 1 is 1.24 bits per heavy atom. The highest BCUT2D eigenvalue weighted by Gasteiger charge is 2.08. The molecule has 2 rings (SSSR count). The van der Waals surface area contributed by atoms with E-state index in [2.05, 4.69) is 4.72 Å². The summed E-state index contributed by atoms with van der Waals surface area (Å²) in [7, 11) is 0. The van der Waals surface area contributed by atoms with Crippen LogP contribution >= 0.6 is 0 Å². The van der Waals surface area contributed by atoms with Crippen molar-refractivity contribution in [2.24, 2.45) is 0 Å². The van der Waals surface area contributed by atoms with Crippen molar-refractivity contribution in [1.29, 1.82) is 0 Å². The van der Waals surface area contributed by atoms with Crippen LogP contribution < -0.4 is 15.2 Å². The van der Waals surface area contributed by atoms with Crippen LogP contribution in [0.1, 0.15) is 5.56 Å². The summed E-state index contributed by atoms with van der Waals surface area (Å²) >= 11 is -2.51. The van der Waals surface area contributed by atoms with Gasteiger partial charge in [0.25, 0.3) is 0 Å². The summed E-state index contributed by atoms with van der Waals surface area (Å²) in [6.07, 6.45) is 0. The summed E-state index contributed by atoms with van der Waals surface area (Å²) in [4.78, 5) is 0. The van der Waals surface area contributed by atoms with Crippen LogP contribution in [-0.2, 0) is 17.9 Å². The number of hydrogen-bond donors (Lipinski definition) is 2. The first-order valence-corrected chi connectivity index (χ1v) is 6.85. The molecule has 0 heterocycles. The van der Waals surface area contributed by atoms with E-state index >= 15 is 0 Å². The van der Waals surface area contributed by atoms with Gasteiger partial charge in [-0.3, -0.25) is 4.21 Å². The van der Waals surface area contributed by atoms with E-state index in [4.69, 9.17) is 10.5 Å². The quantitative estimate of drug-likeness (QED) is 0.655. The highest BCUT2D eigenvalue weighted by Crippen LogP contribution is 2.23. The van der Waals surface area contributed by atoms with E-state index in [1.54, 1.807) is 0 Å². The normalized spacial score (nSPS) is 12.0. The fourth-order valence-electron chi connectivity index (χ4n) is 1.67. The molecule has 0 amide bonds. The summed E-state index contributed by atoms with van der Waals surface area (Å²) in [5, 5.41) is 0. The minimum atomic E-state index is -2.51. The van der Waals surface area contributed by atoms with Crippen molar-refractivity contribution in [3.8, 4) is 5.75 Å². The first kappa shape index (κ1) is 15.2. The van der Waals surface area contributed by atoms with Gasteiger partial charge in [0.15, 0.2) is 11.6 Å². The van der Waals surface area contributed by atoms with Gasteiger partial charge in [0.2, 0.25) is 0 Å². The zero-order chi connectivity index (χ0) is 15.4. The maximum absolute atomic E-state index is 13.4. The fourth-order valence-corrected chi connectivity index (χ4v) is 2.05. The molecule has 8 heteroatoms. The molecular weight excluding hydrogens is 302 g/mol. The zero-order valence-electron chi connectivity index (χ0n) is 10.6. The number of benzene rings is 2. The Labute approximate surface area is 122 Å². The van der Waals surface area contributed by atoms with E-state index < -0.39 is 22.9 Å². The lowest BCUT2D eigenvalue weighted by Gasteiger charge is -2.15. The fraction of sp³-hybridized carbons (Fsp3) is 0.0769. The predicted octanol–water partition coefficient (Wildman–Crippen LogP) is 2.33. The van der Waals surface area contributed by atoms with Crippen LogP contribution in [0.2, 0.25) is 0 Å². The topological polar surface area (TPSA) is 87.4 Å². The molecule has 0 radical (unpaired) electrons. The summed E-state index contributed by atoms with van der Waals surface area (Å²) in [5.41, 5.74) is 6.70. The summed E-state index contributed by atoms with van der Waals surface area (Å²) in [6, 6.07) is 7.37. The predicted molar refractivity (Wildman–Crippen MR) is 74.1 cm³/mol. The molecule has 112 valence electrons. The Morgan fingerprint density at radius 2 is 2.00 bits per heavy atom. The van der Waals surface area contributed by atoms with Gasteiger partial charge >= 0.3 is 0 Å². The third kappa shape index (κ3) is 4.14. The molecule has 0 aliphatic rings. The number of nitrogen functional groups attached to an aromatic ring is 1. The first-order chi connectivity index (χ1) is 9.95. The molecule has 0 bridgehead atoms. The maximum Gasteiger partial charge on any atom is 0.167 e. The highest BCUT2D eigenvalue weighted by molar-refractivity contribution is 7.80. The molecule has 5 nitrogen and oxygen atoms in total. The van der Waals surface area contributed by atoms with E-state index in [1.165, 1.54) is 18.2 Å². The summed E-state index contributed by atoms with van der Waals surface area (Å²) in [5.74, 6) is -1.71. The van der Waals surface area contributed by atoms with Crippen molar-refractivity contribution in [2.45, 2.75) is 6.61 Å². The highest BCUT2D eigenvalue weighted by atomic mass is 32.2. The number of ether oxygens (including phenoxy) is 1. The van der Waals surface area contributed by atoms with Crippen LogP contribution in [0.15, 0.2) is 36.4 Å². The lowest BCUT2D eigenvalue weighted by molar-refractivity contribution is 0.290. The average Bonchev–Trinajstić information content (AvgIpc) is 2.40. The van der Waals surface area contributed by atoms with Crippen molar-refractivity contribution >= 4 is 22.6 Å². The Kier molecular flexibility index (Phi) is 4.71. The van der Waals surface area contributed by atoms with Crippen LogP contribution in [0.3, 0.4) is 0 Å². The van der Waals surface area contributed by atoms with Crippen LogP contribution in [0.5, 0.6) is 5.75 Å². The minimum Gasteiger partial charge on any atom is -0.755 e. The first-order valence-electron chi connectivity index (χ1n) is 5.78. The van der Waals surface area contributed by atoms with Crippen LogP contribution in [0.25, 0.3) is 0 Å². The summed E-state index contributed by atoms with van der Waals surface area (Å²) < 4.78 is 55.0. The van der Waals surface area contributed by atoms with Crippen LogP contribution in [-0.4, -0.2) is 8.76 Å². The lowest BCUT2D eigenvalue weighted by atomic mass is 10.1. The van der Waals surface area contributed by atoms with Gasteiger partial charge in [0.05, 0.1) is 5.69 Å². The number of nitrogens with one attached hydrogen (secondary N) is 1. The van der Waals surface area contributed by atoms with Gasteiger partial charge in [-0.25, -0.2) is 8.78 Å². The van der Waals surface area contributed by atoms with Crippen LogP contribution in [0, 0.1) is 11.6 Å². The Bertz CT molecular complexity index is 682. The molecule has 2 aromatic carbocycles. The standard InChI is InChI=1S/C13H12F2N2O3S/c14-9-1-4-13(11(15)6-9)20-7-8-5-10(16)2-3-12(8)17-21(18)19/h1-6,17H,7,16H2,(H,18,19)/p-1. The summed E-state index contributed by atoms with van der Waals surface area (Å²) in [6.45, 7) is -0.132. The second kappa shape index (κ2) is 6.51. The van der Waals surface area contributed by atoms with E-state index in [-0.39, 0.29) is 18.0 Å². The molecule has 0 aliphatic heterocycles. The van der Waals surface area contributed by atoms with Crippen molar-refractivity contribution in [2.75, 3.05) is 10.5 Å². The van der Waals surface area contributed by atoms with Gasteiger partial charge in [-0.05, 0) is 30.3 Å². The molecule has 0 saturated heterocycles. The number of rotatable bonds is 5. The average molecular weight is 313 g/mol. The van der Waals surface area contributed by atoms with Crippen molar-refractivity contribution in [3.05, 3.63) is 53.6 Å². The van der Waals surface area contributed by atoms with Gasteiger partial charge in [-0.15, -0.1) is 0 Å². The zero-order valence-corrected chi connectivity index (χ0v) is 11.5. The van der Waals surface area contributed by atoms with Crippen molar-refractivity contribution in [1.82, 2.24) is 0 Å². The molecule has 0 spiro atoms. The van der Waals surface area contributed by atoms with Crippen LogP contribution in [0.4, 0.5) is 20.2 Å². The molecule has 0 aliphatic carbocycles. The smallest absolute Gasteiger partial charge is 0.167 e. The molecule has 0 saturated carbocycles. The molecule has 21 heavy (non-hydrogen) atoms. The third-order valence-electron chi connectivity index (χ3n) is 2.60. The molecule has 1 atom stereocenters. The number of anilines is 2. The van der Waals surface area contributed by atoms with Gasteiger partial charge in [0.1, 0.15) is 12.4 Å². The Hall–Kier alpha value is -2.19. The van der Waals surface area contributed by atoms with E-state index in [0.717, 1.165) is 12.1 Å². The molecule has 0 aromatic heterocycles. The molecule has 3 N–H and O–H groups in total. The van der Waals surface area contributed by atoms with Gasteiger partial charge < -0.3 is 19.7 Å². The van der Waals surface area contributed by atoms with Crippen molar-refractivity contribution in [3.63, 3.8) is 0 Å². The number of halogens is 2. The second-order valence-corrected chi connectivity index (χ2v) is 4.79. The largest absolute Gasteiger partial charge is 0.755 e. The third-order valence-corrected chi connectivity index (χ3v) is 2.99. The molecule has 1 unspecified atom stereocenters. The molecule has 2 aromatic rings. The van der Waals surface area contributed by atoms with Crippen molar-refractivity contribution < 1.29 is 22.3 Å². The van der Waals surface area contributed by atoms with Gasteiger partial charge in [0, 0.05) is 28.6 Å².